The molecule has 0 radical (unpaired) electrons. The van der Waals surface area contributed by atoms with Gasteiger partial charge in [0.05, 0.1) is 0 Å². The quantitative estimate of drug-likeness (QED) is 0.712. The topological polar surface area (TPSA) is 43.8 Å². The molecule has 0 bridgehead atoms. The standard InChI is InChI=1S/C15H15N3/c16-13-4-5-15-12(11-13)6-9-18(15)10-7-14-3-1-2-8-17-14/h1-6,8-9,11H,7,10,16H2. The molecule has 3 heteroatoms. The van der Waals surface area contributed by atoms with Gasteiger partial charge in [-0.15, -0.1) is 0 Å². The SMILES string of the molecule is Nc1ccc2c(ccn2CCc2ccccn2)c1. The second kappa shape index (κ2) is 4.53. The molecule has 3 aromatic rings. The molecule has 0 aliphatic rings. The van der Waals surface area contributed by atoms with Gasteiger partial charge in [-0.2, -0.15) is 0 Å². The van der Waals surface area contributed by atoms with E-state index in [9.17, 15) is 0 Å². The summed E-state index contributed by atoms with van der Waals surface area (Å²) in [5.41, 5.74) is 8.93. The minimum atomic E-state index is 0.810. The summed E-state index contributed by atoms with van der Waals surface area (Å²) in [5, 5.41) is 1.19. The lowest BCUT2D eigenvalue weighted by Gasteiger charge is -2.05. The number of pyridine rings is 1. The summed E-state index contributed by atoms with van der Waals surface area (Å²) < 4.78 is 2.24. The van der Waals surface area contributed by atoms with Crippen molar-refractivity contribution < 1.29 is 0 Å². The Balaban J connectivity index is 1.83. The van der Waals surface area contributed by atoms with Crippen molar-refractivity contribution in [1.82, 2.24) is 9.55 Å². The van der Waals surface area contributed by atoms with Gasteiger partial charge in [0, 0.05) is 47.6 Å². The first-order valence-corrected chi connectivity index (χ1v) is 6.07. The number of nitrogens with zero attached hydrogens (tertiary/aromatic N) is 2. The molecule has 0 saturated heterocycles. The number of aryl methyl sites for hydroxylation is 2. The highest BCUT2D eigenvalue weighted by atomic mass is 15.0. The molecule has 0 amide bonds. The highest BCUT2D eigenvalue weighted by molar-refractivity contribution is 5.83. The van der Waals surface area contributed by atoms with Crippen molar-refractivity contribution in [2.75, 3.05) is 5.73 Å². The molecule has 90 valence electrons. The molecule has 1 aromatic carbocycles. The summed E-state index contributed by atoms with van der Waals surface area (Å²) in [6.45, 7) is 0.935. The molecule has 0 saturated carbocycles. The van der Waals surface area contributed by atoms with Crippen molar-refractivity contribution >= 4 is 16.6 Å². The smallest absolute Gasteiger partial charge is 0.0481 e. The predicted octanol–water partition coefficient (Wildman–Crippen LogP) is 2.86. The van der Waals surface area contributed by atoms with Crippen molar-refractivity contribution in [2.45, 2.75) is 13.0 Å². The molecule has 0 unspecified atom stereocenters. The molecule has 0 aliphatic heterocycles. The lowest BCUT2D eigenvalue weighted by atomic mass is 10.2. The second-order valence-electron chi connectivity index (χ2n) is 4.40. The zero-order valence-corrected chi connectivity index (χ0v) is 10.1. The van der Waals surface area contributed by atoms with Crippen LogP contribution in [0.4, 0.5) is 5.69 Å². The highest BCUT2D eigenvalue weighted by Gasteiger charge is 2.01. The highest BCUT2D eigenvalue weighted by Crippen LogP contribution is 2.19. The first kappa shape index (κ1) is 10.8. The number of aromatic nitrogens is 2. The molecule has 2 aromatic heterocycles. The van der Waals surface area contributed by atoms with E-state index in [1.807, 2.05) is 30.5 Å². The predicted molar refractivity (Wildman–Crippen MR) is 74.3 cm³/mol. The van der Waals surface area contributed by atoms with Crippen molar-refractivity contribution in [1.29, 1.82) is 0 Å². The third-order valence-corrected chi connectivity index (χ3v) is 3.13. The van der Waals surface area contributed by atoms with Gasteiger partial charge < -0.3 is 10.3 Å². The van der Waals surface area contributed by atoms with E-state index in [4.69, 9.17) is 5.73 Å². The van der Waals surface area contributed by atoms with Crippen molar-refractivity contribution in [2.24, 2.45) is 0 Å². The lowest BCUT2D eigenvalue weighted by Crippen LogP contribution is -2.01. The lowest BCUT2D eigenvalue weighted by molar-refractivity contribution is 0.710. The van der Waals surface area contributed by atoms with Gasteiger partial charge in [0.25, 0.3) is 0 Å². The number of nitrogens with two attached hydrogens (primary N) is 1. The average Bonchev–Trinajstić information content (AvgIpc) is 2.80. The number of rotatable bonds is 3. The van der Waals surface area contributed by atoms with Gasteiger partial charge in [-0.1, -0.05) is 6.07 Å². The third-order valence-electron chi connectivity index (χ3n) is 3.13. The monoisotopic (exact) mass is 237 g/mol. The normalized spacial score (nSPS) is 10.9. The van der Waals surface area contributed by atoms with Crippen LogP contribution >= 0.6 is 0 Å². The summed E-state index contributed by atoms with van der Waals surface area (Å²) in [6, 6.07) is 14.2. The summed E-state index contributed by atoms with van der Waals surface area (Å²) in [4.78, 5) is 4.34. The van der Waals surface area contributed by atoms with E-state index < -0.39 is 0 Å². The third kappa shape index (κ3) is 2.07. The van der Waals surface area contributed by atoms with Crippen LogP contribution in [0.5, 0.6) is 0 Å². The van der Waals surface area contributed by atoms with Gasteiger partial charge in [-0.05, 0) is 36.4 Å². The largest absolute Gasteiger partial charge is 0.399 e. The fourth-order valence-electron chi connectivity index (χ4n) is 2.19. The molecule has 0 spiro atoms. The van der Waals surface area contributed by atoms with E-state index in [2.05, 4.69) is 33.9 Å². The number of hydrogen-bond acceptors (Lipinski definition) is 2. The molecule has 3 nitrogen and oxygen atoms in total. The maximum Gasteiger partial charge on any atom is 0.0481 e. The van der Waals surface area contributed by atoms with Crippen molar-refractivity contribution in [3.8, 4) is 0 Å². The Bertz CT molecular complexity index is 656. The van der Waals surface area contributed by atoms with Crippen LogP contribution in [-0.4, -0.2) is 9.55 Å². The van der Waals surface area contributed by atoms with Gasteiger partial charge in [-0.25, -0.2) is 0 Å². The molecule has 2 N–H and O–H groups in total. The van der Waals surface area contributed by atoms with Gasteiger partial charge in [0.2, 0.25) is 0 Å². The first-order chi connectivity index (χ1) is 8.83. The fourth-order valence-corrected chi connectivity index (χ4v) is 2.19. The van der Waals surface area contributed by atoms with E-state index in [1.54, 1.807) is 0 Å². The van der Waals surface area contributed by atoms with Crippen LogP contribution in [0.1, 0.15) is 5.69 Å². The Hall–Kier alpha value is -2.29. The van der Waals surface area contributed by atoms with E-state index in [-0.39, 0.29) is 0 Å². The zero-order chi connectivity index (χ0) is 12.4. The summed E-state index contributed by atoms with van der Waals surface area (Å²) in [6.07, 6.45) is 4.88. The molecule has 18 heavy (non-hydrogen) atoms. The number of fused-ring (bicyclic) bond motifs is 1. The van der Waals surface area contributed by atoms with Crippen LogP contribution in [0.25, 0.3) is 10.9 Å². The molecule has 0 fully saturated rings. The van der Waals surface area contributed by atoms with Gasteiger partial charge in [-0.3, -0.25) is 4.98 Å². The molecule has 2 heterocycles. The molecule has 0 atom stereocenters. The average molecular weight is 237 g/mol. The zero-order valence-electron chi connectivity index (χ0n) is 10.1. The number of benzene rings is 1. The van der Waals surface area contributed by atoms with Crippen LogP contribution in [0.15, 0.2) is 54.9 Å². The Morgan fingerprint density at radius 2 is 2.06 bits per heavy atom. The first-order valence-electron chi connectivity index (χ1n) is 6.07. The van der Waals surface area contributed by atoms with Crippen LogP contribution in [0, 0.1) is 0 Å². The van der Waals surface area contributed by atoms with E-state index in [0.29, 0.717) is 0 Å². The molecular weight excluding hydrogens is 222 g/mol. The molecule has 0 aliphatic carbocycles. The Morgan fingerprint density at radius 1 is 1.11 bits per heavy atom. The second-order valence-corrected chi connectivity index (χ2v) is 4.40. The maximum absolute atomic E-state index is 5.78. The fraction of sp³-hybridized carbons (Fsp3) is 0.133. The molecule has 3 rings (SSSR count). The van der Waals surface area contributed by atoms with Crippen LogP contribution in [0.2, 0.25) is 0 Å². The number of anilines is 1. The van der Waals surface area contributed by atoms with Gasteiger partial charge in [0.1, 0.15) is 0 Å². The Kier molecular flexibility index (Phi) is 2.73. The Labute approximate surface area is 106 Å². The maximum atomic E-state index is 5.78. The minimum Gasteiger partial charge on any atom is -0.399 e. The minimum absolute atomic E-state index is 0.810. The summed E-state index contributed by atoms with van der Waals surface area (Å²) >= 11 is 0. The van der Waals surface area contributed by atoms with E-state index in [1.165, 1.54) is 10.9 Å². The van der Waals surface area contributed by atoms with Crippen LogP contribution in [-0.2, 0) is 13.0 Å². The van der Waals surface area contributed by atoms with E-state index in [0.717, 1.165) is 24.3 Å². The van der Waals surface area contributed by atoms with Gasteiger partial charge >= 0.3 is 0 Å². The Morgan fingerprint density at radius 3 is 2.89 bits per heavy atom. The summed E-state index contributed by atoms with van der Waals surface area (Å²) in [5.74, 6) is 0. The molecular formula is C15H15N3. The van der Waals surface area contributed by atoms with Crippen molar-refractivity contribution in [3.05, 3.63) is 60.6 Å². The van der Waals surface area contributed by atoms with E-state index >= 15 is 0 Å². The number of nitrogen functional groups attached to an aromatic ring is 1. The van der Waals surface area contributed by atoms with Crippen LogP contribution < -0.4 is 5.73 Å². The van der Waals surface area contributed by atoms with Gasteiger partial charge in [0.15, 0.2) is 0 Å². The van der Waals surface area contributed by atoms with Crippen molar-refractivity contribution in [3.63, 3.8) is 0 Å². The van der Waals surface area contributed by atoms with Crippen LogP contribution in [0.3, 0.4) is 0 Å². The summed E-state index contributed by atoms with van der Waals surface area (Å²) in [7, 11) is 0. The number of hydrogen-bond donors (Lipinski definition) is 1.